The number of aromatic nitrogens is 2. The van der Waals surface area contributed by atoms with Crippen LogP contribution in [0.1, 0.15) is 26.0 Å². The standard InChI is InChI=1S/C10H18N4S/c1-10(2)7-14(4-3-9(10)11)5-8-6-15-13-12-8/h6,9H,3-5,7,11H2,1-2H3. The maximum absolute atomic E-state index is 6.10. The van der Waals surface area contributed by atoms with Crippen molar-refractivity contribution in [3.63, 3.8) is 0 Å². The van der Waals surface area contributed by atoms with Crippen LogP contribution in [0.5, 0.6) is 0 Å². The third-order valence-electron chi connectivity index (χ3n) is 3.18. The summed E-state index contributed by atoms with van der Waals surface area (Å²) in [6.07, 6.45) is 1.07. The first-order valence-corrected chi connectivity index (χ1v) is 6.15. The van der Waals surface area contributed by atoms with Gasteiger partial charge in [-0.3, -0.25) is 4.90 Å². The molecule has 2 rings (SSSR count). The van der Waals surface area contributed by atoms with Crippen molar-refractivity contribution in [1.82, 2.24) is 14.5 Å². The lowest BCUT2D eigenvalue weighted by Crippen LogP contribution is -2.52. The number of likely N-dealkylation sites (tertiary alicyclic amines) is 1. The van der Waals surface area contributed by atoms with E-state index < -0.39 is 0 Å². The van der Waals surface area contributed by atoms with Gasteiger partial charge in [0.1, 0.15) is 0 Å². The van der Waals surface area contributed by atoms with Crippen LogP contribution >= 0.6 is 11.5 Å². The summed E-state index contributed by atoms with van der Waals surface area (Å²) in [5, 5.41) is 6.09. The van der Waals surface area contributed by atoms with Crippen molar-refractivity contribution >= 4 is 11.5 Å². The molecule has 1 aromatic rings. The summed E-state index contributed by atoms with van der Waals surface area (Å²) in [6.45, 7) is 7.51. The van der Waals surface area contributed by atoms with Gasteiger partial charge in [0.15, 0.2) is 0 Å². The Balaban J connectivity index is 1.95. The molecule has 0 radical (unpaired) electrons. The quantitative estimate of drug-likeness (QED) is 0.820. The molecule has 2 heterocycles. The van der Waals surface area contributed by atoms with Crippen molar-refractivity contribution in [2.45, 2.75) is 32.9 Å². The average Bonchev–Trinajstić information content (AvgIpc) is 2.63. The Labute approximate surface area is 94.6 Å². The Morgan fingerprint density at radius 1 is 1.67 bits per heavy atom. The van der Waals surface area contributed by atoms with Gasteiger partial charge >= 0.3 is 0 Å². The fourth-order valence-electron chi connectivity index (χ4n) is 2.10. The number of nitrogens with zero attached hydrogens (tertiary/aromatic N) is 3. The SMILES string of the molecule is CC1(C)CN(Cc2csnn2)CCC1N. The molecular formula is C10H18N4S. The molecule has 1 saturated heterocycles. The predicted molar refractivity (Wildman–Crippen MR) is 61.6 cm³/mol. The summed E-state index contributed by atoms with van der Waals surface area (Å²) in [5.41, 5.74) is 7.38. The second-order valence-corrected chi connectivity index (χ2v) is 5.60. The maximum Gasteiger partial charge on any atom is 0.0895 e. The molecule has 2 N–H and O–H groups in total. The largest absolute Gasteiger partial charge is 0.327 e. The Hall–Kier alpha value is -0.520. The van der Waals surface area contributed by atoms with E-state index in [4.69, 9.17) is 5.73 Å². The first-order chi connectivity index (χ1) is 7.08. The number of piperidine rings is 1. The second-order valence-electron chi connectivity index (χ2n) is 4.99. The van der Waals surface area contributed by atoms with Gasteiger partial charge < -0.3 is 5.73 Å². The van der Waals surface area contributed by atoms with Crippen LogP contribution < -0.4 is 5.73 Å². The zero-order valence-corrected chi connectivity index (χ0v) is 10.1. The predicted octanol–water partition coefficient (Wildman–Crippen LogP) is 1.10. The zero-order chi connectivity index (χ0) is 10.9. The van der Waals surface area contributed by atoms with Crippen LogP contribution in [0.4, 0.5) is 0 Å². The summed E-state index contributed by atoms with van der Waals surface area (Å²) in [7, 11) is 0. The number of hydrogen-bond acceptors (Lipinski definition) is 5. The topological polar surface area (TPSA) is 55.0 Å². The molecule has 0 aromatic carbocycles. The van der Waals surface area contributed by atoms with Crippen LogP contribution in [0.25, 0.3) is 0 Å². The van der Waals surface area contributed by atoms with E-state index >= 15 is 0 Å². The van der Waals surface area contributed by atoms with E-state index in [0.717, 1.165) is 31.7 Å². The molecule has 0 bridgehead atoms. The number of nitrogens with two attached hydrogens (primary N) is 1. The van der Waals surface area contributed by atoms with Gasteiger partial charge in [0, 0.05) is 31.1 Å². The fourth-order valence-corrected chi connectivity index (χ4v) is 2.54. The minimum Gasteiger partial charge on any atom is -0.327 e. The van der Waals surface area contributed by atoms with Gasteiger partial charge in [-0.15, -0.1) is 5.10 Å². The first kappa shape index (κ1) is 11.0. The van der Waals surface area contributed by atoms with Crippen molar-refractivity contribution in [2.24, 2.45) is 11.1 Å². The van der Waals surface area contributed by atoms with Gasteiger partial charge in [-0.2, -0.15) is 0 Å². The molecule has 0 amide bonds. The molecule has 1 unspecified atom stereocenters. The fraction of sp³-hybridized carbons (Fsp3) is 0.800. The zero-order valence-electron chi connectivity index (χ0n) is 9.31. The summed E-state index contributed by atoms with van der Waals surface area (Å²) in [4.78, 5) is 2.42. The lowest BCUT2D eigenvalue weighted by atomic mass is 9.80. The molecular weight excluding hydrogens is 208 g/mol. The summed E-state index contributed by atoms with van der Waals surface area (Å²) in [6, 6.07) is 0.322. The van der Waals surface area contributed by atoms with E-state index in [9.17, 15) is 0 Å². The minimum atomic E-state index is 0.210. The van der Waals surface area contributed by atoms with Gasteiger partial charge in [0.05, 0.1) is 5.69 Å². The summed E-state index contributed by atoms with van der Waals surface area (Å²) < 4.78 is 3.88. The maximum atomic E-state index is 6.10. The molecule has 4 nitrogen and oxygen atoms in total. The Morgan fingerprint density at radius 3 is 3.07 bits per heavy atom. The molecule has 1 aromatic heterocycles. The van der Waals surface area contributed by atoms with Crippen molar-refractivity contribution in [2.75, 3.05) is 13.1 Å². The third kappa shape index (κ3) is 2.53. The molecule has 1 aliphatic heterocycles. The van der Waals surface area contributed by atoms with E-state index in [-0.39, 0.29) is 5.41 Å². The van der Waals surface area contributed by atoms with E-state index in [1.54, 1.807) is 0 Å². The molecule has 1 fully saturated rings. The van der Waals surface area contributed by atoms with Crippen molar-refractivity contribution in [3.05, 3.63) is 11.1 Å². The molecule has 0 saturated carbocycles. The lowest BCUT2D eigenvalue weighted by molar-refractivity contribution is 0.0889. The van der Waals surface area contributed by atoms with E-state index in [0.29, 0.717) is 6.04 Å². The van der Waals surface area contributed by atoms with Crippen LogP contribution in [0.3, 0.4) is 0 Å². The van der Waals surface area contributed by atoms with Gasteiger partial charge in [-0.25, -0.2) is 0 Å². The Morgan fingerprint density at radius 2 is 2.47 bits per heavy atom. The Bertz CT molecular complexity index is 309. The third-order valence-corrected chi connectivity index (χ3v) is 3.74. The van der Waals surface area contributed by atoms with Crippen LogP contribution in [0.2, 0.25) is 0 Å². The molecule has 0 aliphatic carbocycles. The highest BCUT2D eigenvalue weighted by atomic mass is 32.1. The second kappa shape index (κ2) is 4.15. The van der Waals surface area contributed by atoms with Gasteiger partial charge in [0.25, 0.3) is 0 Å². The minimum absolute atomic E-state index is 0.210. The smallest absolute Gasteiger partial charge is 0.0895 e. The van der Waals surface area contributed by atoms with Gasteiger partial charge in [0.2, 0.25) is 0 Å². The number of hydrogen-bond donors (Lipinski definition) is 1. The van der Waals surface area contributed by atoms with Crippen molar-refractivity contribution in [1.29, 1.82) is 0 Å². The first-order valence-electron chi connectivity index (χ1n) is 5.32. The highest BCUT2D eigenvalue weighted by Gasteiger charge is 2.33. The van der Waals surface area contributed by atoms with E-state index in [1.165, 1.54) is 11.5 Å². The molecule has 1 aliphatic rings. The van der Waals surface area contributed by atoms with Crippen LogP contribution in [-0.4, -0.2) is 33.6 Å². The normalized spacial score (nSPS) is 26.7. The average molecular weight is 226 g/mol. The van der Waals surface area contributed by atoms with Crippen molar-refractivity contribution in [3.8, 4) is 0 Å². The Kier molecular flexibility index (Phi) is 3.04. The van der Waals surface area contributed by atoms with Crippen molar-refractivity contribution < 1.29 is 0 Å². The molecule has 5 heteroatoms. The highest BCUT2D eigenvalue weighted by molar-refractivity contribution is 7.03. The highest BCUT2D eigenvalue weighted by Crippen LogP contribution is 2.28. The molecule has 1 atom stereocenters. The van der Waals surface area contributed by atoms with Gasteiger partial charge in [-0.05, 0) is 23.4 Å². The lowest BCUT2D eigenvalue weighted by Gasteiger charge is -2.42. The monoisotopic (exact) mass is 226 g/mol. The van der Waals surface area contributed by atoms with E-state index in [2.05, 4.69) is 28.3 Å². The molecule has 0 spiro atoms. The molecule has 15 heavy (non-hydrogen) atoms. The number of rotatable bonds is 2. The summed E-state index contributed by atoms with van der Waals surface area (Å²) in [5.74, 6) is 0. The van der Waals surface area contributed by atoms with E-state index in [1.807, 2.05) is 5.38 Å². The van der Waals surface area contributed by atoms with Crippen LogP contribution in [-0.2, 0) is 6.54 Å². The summed E-state index contributed by atoms with van der Waals surface area (Å²) >= 11 is 1.42. The van der Waals surface area contributed by atoms with Crippen LogP contribution in [0, 0.1) is 5.41 Å². The van der Waals surface area contributed by atoms with Crippen LogP contribution in [0.15, 0.2) is 5.38 Å². The molecule has 84 valence electrons. The van der Waals surface area contributed by atoms with Gasteiger partial charge in [-0.1, -0.05) is 18.3 Å².